The summed E-state index contributed by atoms with van der Waals surface area (Å²) < 4.78 is 16.1. The minimum absolute atomic E-state index is 0.221. The van der Waals surface area contributed by atoms with E-state index in [4.69, 9.17) is 14.2 Å². The molecule has 1 aliphatic heterocycles. The smallest absolute Gasteiger partial charge is 0.320 e. The SMILES string of the molecule is O=C(CNC1CC1)OCc1ccc2c(c1)OCCO2. The van der Waals surface area contributed by atoms with Crippen molar-refractivity contribution in [1.82, 2.24) is 5.32 Å². The van der Waals surface area contributed by atoms with E-state index in [1.165, 1.54) is 0 Å². The van der Waals surface area contributed by atoms with E-state index in [9.17, 15) is 4.79 Å². The van der Waals surface area contributed by atoms with Crippen LogP contribution in [0.15, 0.2) is 18.2 Å². The van der Waals surface area contributed by atoms with E-state index >= 15 is 0 Å². The number of benzene rings is 1. The van der Waals surface area contributed by atoms with Crippen LogP contribution in [0.1, 0.15) is 18.4 Å². The Hall–Kier alpha value is -1.75. The van der Waals surface area contributed by atoms with Gasteiger partial charge in [-0.2, -0.15) is 0 Å². The zero-order valence-electron chi connectivity index (χ0n) is 10.7. The van der Waals surface area contributed by atoms with Crippen molar-refractivity contribution >= 4 is 5.97 Å². The fourth-order valence-corrected chi connectivity index (χ4v) is 1.91. The Bertz CT molecular complexity index is 471. The molecule has 0 unspecified atom stereocenters. The third-order valence-corrected chi connectivity index (χ3v) is 3.12. The molecule has 1 heterocycles. The lowest BCUT2D eigenvalue weighted by atomic mass is 10.2. The maximum absolute atomic E-state index is 11.5. The average Bonchev–Trinajstić information content (AvgIpc) is 3.27. The van der Waals surface area contributed by atoms with E-state index in [2.05, 4.69) is 5.32 Å². The Balaban J connectivity index is 1.50. The van der Waals surface area contributed by atoms with Gasteiger partial charge in [0.25, 0.3) is 0 Å². The highest BCUT2D eigenvalue weighted by Crippen LogP contribution is 2.30. The molecule has 1 aliphatic carbocycles. The second-order valence-electron chi connectivity index (χ2n) is 4.79. The van der Waals surface area contributed by atoms with Gasteiger partial charge in [0.2, 0.25) is 0 Å². The molecule has 0 spiro atoms. The van der Waals surface area contributed by atoms with Crippen LogP contribution in [0.3, 0.4) is 0 Å². The summed E-state index contributed by atoms with van der Waals surface area (Å²) in [4.78, 5) is 11.5. The van der Waals surface area contributed by atoms with E-state index in [0.29, 0.717) is 19.3 Å². The Morgan fingerprint density at radius 1 is 1.26 bits per heavy atom. The van der Waals surface area contributed by atoms with Gasteiger partial charge in [-0.15, -0.1) is 0 Å². The van der Waals surface area contributed by atoms with Crippen LogP contribution in [0.2, 0.25) is 0 Å². The summed E-state index contributed by atoms with van der Waals surface area (Å²) in [5, 5.41) is 3.12. The summed E-state index contributed by atoms with van der Waals surface area (Å²) in [6.45, 7) is 1.69. The fraction of sp³-hybridized carbons (Fsp3) is 0.500. The third kappa shape index (κ3) is 3.38. The van der Waals surface area contributed by atoms with E-state index < -0.39 is 0 Å². The topological polar surface area (TPSA) is 56.8 Å². The van der Waals surface area contributed by atoms with Crippen molar-refractivity contribution in [3.63, 3.8) is 0 Å². The lowest BCUT2D eigenvalue weighted by Crippen LogP contribution is -2.26. The normalized spacial score (nSPS) is 17.1. The molecule has 102 valence electrons. The number of carbonyl (C=O) groups is 1. The number of nitrogens with one attached hydrogen (secondary N) is 1. The Labute approximate surface area is 111 Å². The zero-order chi connectivity index (χ0) is 13.1. The minimum Gasteiger partial charge on any atom is -0.486 e. The predicted molar refractivity (Wildman–Crippen MR) is 68.3 cm³/mol. The number of esters is 1. The monoisotopic (exact) mass is 263 g/mol. The predicted octanol–water partition coefficient (Wildman–Crippen LogP) is 1.25. The maximum atomic E-state index is 11.5. The van der Waals surface area contributed by atoms with Crippen molar-refractivity contribution in [2.24, 2.45) is 0 Å². The van der Waals surface area contributed by atoms with Crippen molar-refractivity contribution in [2.45, 2.75) is 25.5 Å². The lowest BCUT2D eigenvalue weighted by molar-refractivity contribution is -0.143. The molecule has 0 atom stereocenters. The second-order valence-corrected chi connectivity index (χ2v) is 4.79. The highest BCUT2D eigenvalue weighted by molar-refractivity contribution is 5.71. The molecule has 1 aromatic rings. The van der Waals surface area contributed by atoms with Gasteiger partial charge in [0.1, 0.15) is 19.8 Å². The molecule has 0 aromatic heterocycles. The van der Waals surface area contributed by atoms with Gasteiger partial charge < -0.3 is 19.5 Å². The molecule has 5 nitrogen and oxygen atoms in total. The zero-order valence-corrected chi connectivity index (χ0v) is 10.7. The molecule has 0 amide bonds. The summed E-state index contributed by atoms with van der Waals surface area (Å²) >= 11 is 0. The summed E-state index contributed by atoms with van der Waals surface area (Å²) in [5.74, 6) is 1.24. The van der Waals surface area contributed by atoms with Crippen molar-refractivity contribution < 1.29 is 19.0 Å². The van der Waals surface area contributed by atoms with Crippen LogP contribution < -0.4 is 14.8 Å². The molecule has 1 fully saturated rings. The molecule has 5 heteroatoms. The number of carbonyl (C=O) groups excluding carboxylic acids is 1. The molecule has 1 N–H and O–H groups in total. The standard InChI is InChI=1S/C14H17NO4/c16-14(8-15-11-2-3-11)19-9-10-1-4-12-13(7-10)18-6-5-17-12/h1,4,7,11,15H,2-3,5-6,8-9H2. The number of fused-ring (bicyclic) bond motifs is 1. The van der Waals surface area contributed by atoms with Crippen LogP contribution in [0.4, 0.5) is 0 Å². The van der Waals surface area contributed by atoms with Crippen LogP contribution in [0.25, 0.3) is 0 Å². The lowest BCUT2D eigenvalue weighted by Gasteiger charge is -2.18. The molecular formula is C14H17NO4. The number of ether oxygens (including phenoxy) is 3. The van der Waals surface area contributed by atoms with Gasteiger partial charge in [0.15, 0.2) is 11.5 Å². The van der Waals surface area contributed by atoms with E-state index in [0.717, 1.165) is 29.9 Å². The first kappa shape index (κ1) is 12.3. The molecule has 0 bridgehead atoms. The molecule has 2 aliphatic rings. The van der Waals surface area contributed by atoms with Gasteiger partial charge in [-0.1, -0.05) is 6.07 Å². The number of rotatable bonds is 5. The highest BCUT2D eigenvalue weighted by atomic mass is 16.6. The van der Waals surface area contributed by atoms with Gasteiger partial charge in [-0.25, -0.2) is 0 Å². The molecule has 1 aromatic carbocycles. The maximum Gasteiger partial charge on any atom is 0.320 e. The molecular weight excluding hydrogens is 246 g/mol. The Morgan fingerprint density at radius 3 is 2.84 bits per heavy atom. The first-order chi connectivity index (χ1) is 9.31. The Kier molecular flexibility index (Phi) is 3.55. The highest BCUT2D eigenvalue weighted by Gasteiger charge is 2.21. The van der Waals surface area contributed by atoms with Gasteiger partial charge in [0.05, 0.1) is 6.54 Å². The Morgan fingerprint density at radius 2 is 2.05 bits per heavy atom. The first-order valence-corrected chi connectivity index (χ1v) is 6.59. The molecule has 0 radical (unpaired) electrons. The van der Waals surface area contributed by atoms with E-state index in [1.54, 1.807) is 0 Å². The van der Waals surface area contributed by atoms with Crippen molar-refractivity contribution in [3.8, 4) is 11.5 Å². The quantitative estimate of drug-likeness (QED) is 0.810. The van der Waals surface area contributed by atoms with Crippen molar-refractivity contribution in [3.05, 3.63) is 23.8 Å². The summed E-state index contributed by atoms with van der Waals surface area (Å²) in [6.07, 6.45) is 2.32. The molecule has 19 heavy (non-hydrogen) atoms. The minimum atomic E-state index is -0.221. The molecule has 1 saturated carbocycles. The van der Waals surface area contributed by atoms with Crippen LogP contribution in [-0.4, -0.2) is 31.8 Å². The van der Waals surface area contributed by atoms with Crippen molar-refractivity contribution in [1.29, 1.82) is 0 Å². The largest absolute Gasteiger partial charge is 0.486 e. The van der Waals surface area contributed by atoms with Gasteiger partial charge in [0, 0.05) is 6.04 Å². The summed E-state index contributed by atoms with van der Waals surface area (Å²) in [5.41, 5.74) is 0.907. The second kappa shape index (κ2) is 5.48. The van der Waals surface area contributed by atoms with Gasteiger partial charge >= 0.3 is 5.97 Å². The number of hydrogen-bond acceptors (Lipinski definition) is 5. The number of hydrogen-bond donors (Lipinski definition) is 1. The van der Waals surface area contributed by atoms with Gasteiger partial charge in [-0.05, 0) is 30.5 Å². The summed E-state index contributed by atoms with van der Waals surface area (Å²) in [7, 11) is 0. The average molecular weight is 263 g/mol. The van der Waals surface area contributed by atoms with Crippen LogP contribution >= 0.6 is 0 Å². The summed E-state index contributed by atoms with van der Waals surface area (Å²) in [6, 6.07) is 6.10. The van der Waals surface area contributed by atoms with Gasteiger partial charge in [-0.3, -0.25) is 4.79 Å². The fourth-order valence-electron chi connectivity index (χ4n) is 1.91. The molecule has 0 saturated heterocycles. The third-order valence-electron chi connectivity index (χ3n) is 3.12. The van der Waals surface area contributed by atoms with Crippen LogP contribution in [0.5, 0.6) is 11.5 Å². The molecule has 3 rings (SSSR count). The van der Waals surface area contributed by atoms with Crippen molar-refractivity contribution in [2.75, 3.05) is 19.8 Å². The van der Waals surface area contributed by atoms with Crippen LogP contribution in [-0.2, 0) is 16.1 Å². The van der Waals surface area contributed by atoms with Crippen LogP contribution in [0, 0.1) is 0 Å². The first-order valence-electron chi connectivity index (χ1n) is 6.59. The van der Waals surface area contributed by atoms with E-state index in [1.807, 2.05) is 18.2 Å². The van der Waals surface area contributed by atoms with E-state index in [-0.39, 0.29) is 19.1 Å².